The normalized spacial score (nSPS) is 20.4. The lowest BCUT2D eigenvalue weighted by Gasteiger charge is -2.22. The second-order valence-corrected chi connectivity index (χ2v) is 40.0. The smallest absolute Gasteiger partial charge is 0.392 e. The van der Waals surface area contributed by atoms with Gasteiger partial charge in [0.05, 0.1) is 41.5 Å². The minimum Gasteiger partial charge on any atom is -0.392 e. The summed E-state index contributed by atoms with van der Waals surface area (Å²) in [5, 5.41) is 29.5. The van der Waals surface area contributed by atoms with Crippen LogP contribution >= 0.6 is 27.5 Å². The quantitative estimate of drug-likeness (QED) is 0.0639. The Morgan fingerprint density at radius 1 is 0.376 bits per heavy atom. The van der Waals surface area contributed by atoms with Crippen LogP contribution in [0.5, 0.6) is 0 Å². The van der Waals surface area contributed by atoms with E-state index in [2.05, 4.69) is 70.6 Å². The molecular weight excluding hydrogens is 1820 g/mol. The van der Waals surface area contributed by atoms with Gasteiger partial charge in [-0.3, -0.25) is 53.2 Å². The lowest BCUT2D eigenvalue weighted by molar-refractivity contribution is -0.139. The number of carbonyl (C=O) groups excluding carboxylic acids is 7. The molecule has 7 aromatic rings. The van der Waals surface area contributed by atoms with Gasteiger partial charge in [0.15, 0.2) is 0 Å². The first-order valence-electron chi connectivity index (χ1n) is 46.1. The molecule has 2 saturated carbocycles. The van der Waals surface area contributed by atoms with E-state index < -0.39 is 47.4 Å². The number of aliphatic hydroxyl groups is 3. The summed E-state index contributed by atoms with van der Waals surface area (Å²) in [6, 6.07) is 23.7. The topological polar surface area (TPSA) is 238 Å². The van der Waals surface area contributed by atoms with Gasteiger partial charge in [-0.1, -0.05) is 45.7 Å². The fourth-order valence-corrected chi connectivity index (χ4v) is 19.8. The van der Waals surface area contributed by atoms with E-state index in [1.165, 1.54) is 80.5 Å². The Morgan fingerprint density at radius 2 is 0.714 bits per heavy atom. The predicted octanol–water partition coefficient (Wildman–Crippen LogP) is 18.5. The number of aliphatic hydroxyl groups excluding tert-OH is 3. The van der Waals surface area contributed by atoms with E-state index in [0.29, 0.717) is 85.8 Å². The number of halogens is 11. The van der Waals surface area contributed by atoms with Crippen molar-refractivity contribution in [1.82, 2.24) is 59.0 Å². The first-order chi connectivity index (χ1) is 62.5. The maximum absolute atomic E-state index is 13.5. The average molecular weight is 1940 g/mol. The minimum atomic E-state index is -4.50. The van der Waals surface area contributed by atoms with Gasteiger partial charge in [0.2, 0.25) is 0 Å². The first-order valence-corrected chi connectivity index (χ1v) is 47.3. The summed E-state index contributed by atoms with van der Waals surface area (Å²) in [5.41, 5.74) is 11.1. The molecular formula is C100H121BrClF9N12O10. The van der Waals surface area contributed by atoms with Gasteiger partial charge >= 0.3 is 18.5 Å². The SMILES string of the molecule is CC(C)N1Cc2c(Br)cccc2C1=O.CC(C)N1Cc2c(cc(CN3CCC(O)C3)cc2C(F)(F)F)C1=O.CC(C)N1Cc2c(cc(CN3CCC(O)C3)cc2C2CC2)C1=O.CC(C)N1Cc2c(cccc2C(F)(F)F)C1=O.CC(C)N1Cc2c(ccnc2C2CC2)C1=O.CC(C)N1Cc2c(ccnc2Cl)C1=O.CC1CC(O)CN1Cc1cc2c(c(C(F)(F)F)c1)CN(C(C)C)C2=O. The van der Waals surface area contributed by atoms with Gasteiger partial charge in [0.1, 0.15) is 5.15 Å². The third kappa shape index (κ3) is 22.6. The van der Waals surface area contributed by atoms with Crippen LogP contribution in [0.1, 0.15) is 317 Å². The zero-order valence-corrected chi connectivity index (χ0v) is 80.4. The Kier molecular flexibility index (Phi) is 31.0. The highest BCUT2D eigenvalue weighted by Crippen LogP contribution is 2.48. The van der Waals surface area contributed by atoms with Crippen LogP contribution in [0.3, 0.4) is 0 Å². The van der Waals surface area contributed by atoms with Crippen LogP contribution in [-0.2, 0) is 84.0 Å². The van der Waals surface area contributed by atoms with Crippen LogP contribution in [0, 0.1) is 0 Å². The van der Waals surface area contributed by atoms with E-state index in [9.17, 15) is 88.4 Å². The zero-order valence-electron chi connectivity index (χ0n) is 78.0. The number of aromatic nitrogens is 2. The Bertz CT molecular complexity index is 5470. The molecule has 718 valence electrons. The van der Waals surface area contributed by atoms with Crippen LogP contribution < -0.4 is 0 Å². The number of rotatable bonds is 15. The van der Waals surface area contributed by atoms with Gasteiger partial charge in [-0.2, -0.15) is 39.5 Å². The summed E-state index contributed by atoms with van der Waals surface area (Å²) >= 11 is 9.39. The summed E-state index contributed by atoms with van der Waals surface area (Å²) in [4.78, 5) is 112. The number of β-amino-alcohol motifs (C(OH)–C–C–N with tert-alkyl or cyclic N) is 3. The Hall–Kier alpha value is -9.41. The van der Waals surface area contributed by atoms with Gasteiger partial charge in [-0.05, 0) is 272 Å². The molecule has 0 spiro atoms. The molecule has 3 saturated heterocycles. The largest absolute Gasteiger partial charge is 0.416 e. The number of carbonyl (C=O) groups is 7. The molecule has 12 heterocycles. The lowest BCUT2D eigenvalue weighted by atomic mass is 9.96. The molecule has 12 aliphatic rings. The monoisotopic (exact) mass is 1930 g/mol. The molecule has 0 bridgehead atoms. The highest BCUT2D eigenvalue weighted by molar-refractivity contribution is 9.10. The molecule has 0 radical (unpaired) electrons. The van der Waals surface area contributed by atoms with Gasteiger partial charge in [-0.25, -0.2) is 4.98 Å². The standard InChI is InChI=1S/C19H26N2O2.C18H23F3N2O2.C17H21F3N2O2.C13H16N2O.C12H12F3NO.C11H12BrNO.C10H11ClN2O/c1-12(2)21-11-18-16(14-3-4-14)7-13(8-17(18)19(21)23)9-20-6-5-15(22)10-20;1-10(2)23-9-15-14(17(23)25)5-12(6-16(15)18(19,20)21)7-22-8-13(24)4-11(22)3;1-10(2)22-9-14-13(16(22)24)5-11(6-15(14)17(18,19)20)7-21-4-3-12(23)8-21;1-8(2)15-7-11-10(13(15)16)5-6-14-12(11)9-3-4-9;1-7(2)16-6-9-8(11(16)17)4-3-5-10(9)12(13,14)15;1-7(2)13-6-9-8(11(13)14)4-3-5-10(9)12;1-6(2)13-5-8-7(10(13)14)3-4-12-9(8)11/h7-8,12,14-15,22H,3-6,9-11H2,1-2H3;5-6,10-11,13,24H,4,7-9H2,1-3H3;5-6,10,12,23H,3-4,7-9H2,1-2H3;5-6,8-9H,3-4,7H2,1-2H3;3-5,7H,6H2,1-2H3;3-5,7H,6H2,1-2H3;3-4,6H,5H2,1-2H3. The molecule has 4 atom stereocenters. The third-order valence-electron chi connectivity index (χ3n) is 26.7. The van der Waals surface area contributed by atoms with Gasteiger partial charge < -0.3 is 49.6 Å². The van der Waals surface area contributed by atoms with Gasteiger partial charge in [-0.15, -0.1) is 0 Å². The van der Waals surface area contributed by atoms with Crippen molar-refractivity contribution in [3.8, 4) is 0 Å². The molecule has 5 fully saturated rings. The first kappa shape index (κ1) is 101. The number of benzene rings is 5. The van der Waals surface area contributed by atoms with Crippen LogP contribution in [-0.4, -0.2) is 215 Å². The van der Waals surface area contributed by atoms with E-state index in [1.54, 1.807) is 77.0 Å². The third-order valence-corrected chi connectivity index (χ3v) is 27.8. The van der Waals surface area contributed by atoms with Crippen molar-refractivity contribution < 1.29 is 88.4 Å². The Morgan fingerprint density at radius 3 is 1.09 bits per heavy atom. The van der Waals surface area contributed by atoms with Crippen LogP contribution in [0.2, 0.25) is 5.15 Å². The van der Waals surface area contributed by atoms with E-state index in [0.717, 1.165) is 96.2 Å². The second-order valence-electron chi connectivity index (χ2n) is 38.8. The fourth-order valence-electron chi connectivity index (χ4n) is 19.0. The maximum atomic E-state index is 13.5. The molecule has 4 unspecified atom stereocenters. The predicted molar refractivity (Wildman–Crippen MR) is 490 cm³/mol. The molecule has 2 aliphatic carbocycles. The second kappa shape index (κ2) is 40.9. The summed E-state index contributed by atoms with van der Waals surface area (Å²) in [7, 11) is 0. The molecule has 133 heavy (non-hydrogen) atoms. The average Bonchev–Trinajstić information content (AvgIpc) is 1.65. The molecule has 2 aromatic heterocycles. The summed E-state index contributed by atoms with van der Waals surface area (Å²) in [6.45, 7) is 36.6. The van der Waals surface area contributed by atoms with Gasteiger partial charge in [0, 0.05) is 219 Å². The lowest BCUT2D eigenvalue weighted by Crippen LogP contribution is -2.30. The Balaban J connectivity index is 0.000000133. The van der Waals surface area contributed by atoms with Crippen LogP contribution in [0.4, 0.5) is 39.5 Å². The highest BCUT2D eigenvalue weighted by atomic mass is 79.9. The number of amides is 7. The number of pyridine rings is 2. The minimum absolute atomic E-state index is 0.000211. The molecule has 10 aliphatic heterocycles. The van der Waals surface area contributed by atoms with Crippen molar-refractivity contribution in [2.45, 2.75) is 311 Å². The fraction of sp³-hybridized carbons (Fsp3) is 0.530. The van der Waals surface area contributed by atoms with Crippen molar-refractivity contribution in [1.29, 1.82) is 0 Å². The van der Waals surface area contributed by atoms with E-state index in [4.69, 9.17) is 11.6 Å². The van der Waals surface area contributed by atoms with Crippen molar-refractivity contribution in [3.05, 3.63) is 229 Å². The van der Waals surface area contributed by atoms with Crippen molar-refractivity contribution in [2.24, 2.45) is 0 Å². The van der Waals surface area contributed by atoms with Crippen molar-refractivity contribution >= 4 is 68.9 Å². The van der Waals surface area contributed by atoms with Gasteiger partial charge in [0.25, 0.3) is 41.4 Å². The molecule has 7 amide bonds. The molecule has 33 heteroatoms. The van der Waals surface area contributed by atoms with Crippen LogP contribution in [0.25, 0.3) is 0 Å². The van der Waals surface area contributed by atoms with E-state index >= 15 is 0 Å². The molecule has 3 N–H and O–H groups in total. The molecule has 22 nitrogen and oxygen atoms in total. The number of hydrogen-bond donors (Lipinski definition) is 3. The summed E-state index contributed by atoms with van der Waals surface area (Å²) in [5.74, 6) is 0.856. The summed E-state index contributed by atoms with van der Waals surface area (Å²) in [6.07, 6.45) is -4.03. The van der Waals surface area contributed by atoms with Crippen LogP contribution in [0.15, 0.2) is 102 Å². The Labute approximate surface area is 785 Å². The highest BCUT2D eigenvalue weighted by Gasteiger charge is 2.47. The zero-order chi connectivity index (χ0) is 97.0. The summed E-state index contributed by atoms with van der Waals surface area (Å²) < 4.78 is 120. The number of likely N-dealkylation sites (tertiary alicyclic amines) is 3. The van der Waals surface area contributed by atoms with Crippen molar-refractivity contribution in [3.63, 3.8) is 0 Å². The van der Waals surface area contributed by atoms with E-state index in [1.807, 2.05) is 83.4 Å². The number of nitrogens with zero attached hydrogens (tertiary/aromatic N) is 12. The number of hydrogen-bond acceptors (Lipinski definition) is 15. The maximum Gasteiger partial charge on any atom is 0.416 e. The number of fused-ring (bicyclic) bond motifs is 7. The van der Waals surface area contributed by atoms with E-state index in [-0.39, 0.29) is 149 Å². The number of alkyl halides is 9. The molecule has 19 rings (SSSR count). The van der Waals surface area contributed by atoms with Crippen molar-refractivity contribution in [2.75, 3.05) is 32.7 Å². The molecule has 5 aromatic carbocycles.